The molecule has 1 saturated heterocycles. The van der Waals surface area contributed by atoms with Crippen LogP contribution in [0.3, 0.4) is 0 Å². The summed E-state index contributed by atoms with van der Waals surface area (Å²) in [6.07, 6.45) is 5.81. The van der Waals surface area contributed by atoms with Crippen LogP contribution < -0.4 is 25.0 Å². The highest BCUT2D eigenvalue weighted by Gasteiger charge is 2.50. The minimum Gasteiger partial charge on any atom is -0.507 e. The van der Waals surface area contributed by atoms with Crippen molar-refractivity contribution < 1.29 is 63.6 Å². The number of allylic oxidation sites excluding steroid dienone is 3. The number of ketones is 1. The summed E-state index contributed by atoms with van der Waals surface area (Å²) in [6, 6.07) is 3.37. The highest BCUT2D eigenvalue weighted by atomic mass is 16.7. The van der Waals surface area contributed by atoms with Crippen molar-refractivity contribution in [2.24, 2.45) is 23.7 Å². The van der Waals surface area contributed by atoms with Crippen molar-refractivity contribution in [3.63, 3.8) is 0 Å². The van der Waals surface area contributed by atoms with Gasteiger partial charge in [-0.15, -0.1) is 0 Å². The fourth-order valence-electron chi connectivity index (χ4n) is 9.65. The summed E-state index contributed by atoms with van der Waals surface area (Å²) >= 11 is 0. The van der Waals surface area contributed by atoms with E-state index < -0.39 is 83.0 Å². The lowest BCUT2D eigenvalue weighted by atomic mass is 9.78. The van der Waals surface area contributed by atoms with Crippen LogP contribution >= 0.6 is 0 Å². The number of phenolic OH excluding ortho intramolecular Hbond substituents is 3. The minimum absolute atomic E-state index is 0.0267. The number of methoxy groups -OCH3 is 1. The number of fused-ring (bicyclic) bond motifs is 2. The third-order valence-electron chi connectivity index (χ3n) is 14.0. The first kappa shape index (κ1) is 50.6. The smallest absolute Gasteiger partial charge is 0.312 e. The first-order chi connectivity index (χ1) is 32.6. The Morgan fingerprint density at radius 2 is 1.57 bits per heavy atom. The van der Waals surface area contributed by atoms with Gasteiger partial charge in [0.05, 0.1) is 41.2 Å². The van der Waals surface area contributed by atoms with Crippen molar-refractivity contribution in [1.29, 1.82) is 0 Å². The van der Waals surface area contributed by atoms with Gasteiger partial charge in [0, 0.05) is 112 Å². The zero-order valence-corrected chi connectivity index (χ0v) is 41.2. The van der Waals surface area contributed by atoms with Crippen LogP contribution in [0, 0.1) is 30.6 Å². The number of aliphatic hydroxyl groups is 2. The van der Waals surface area contributed by atoms with Crippen molar-refractivity contribution in [1.82, 2.24) is 4.90 Å². The molecule has 0 unspecified atom stereocenters. The Morgan fingerprint density at radius 3 is 2.22 bits per heavy atom. The van der Waals surface area contributed by atoms with Gasteiger partial charge in [0.1, 0.15) is 34.7 Å². The van der Waals surface area contributed by atoms with E-state index in [9.17, 15) is 39.9 Å². The molecular formula is C52H66N4O13. The van der Waals surface area contributed by atoms with E-state index in [1.165, 1.54) is 51.9 Å². The van der Waals surface area contributed by atoms with Gasteiger partial charge in [-0.05, 0) is 33.8 Å². The molecule has 0 aromatic heterocycles. The lowest BCUT2D eigenvalue weighted by molar-refractivity contribution is -0.160. The van der Waals surface area contributed by atoms with Gasteiger partial charge >= 0.3 is 11.8 Å². The third kappa shape index (κ3) is 9.69. The summed E-state index contributed by atoms with van der Waals surface area (Å²) in [4.78, 5) is 45.9. The third-order valence-corrected chi connectivity index (χ3v) is 14.0. The second-order valence-corrected chi connectivity index (χ2v) is 19.2. The average Bonchev–Trinajstić information content (AvgIpc) is 3.58. The normalized spacial score (nSPS) is 29.3. The van der Waals surface area contributed by atoms with Crippen LogP contribution in [-0.4, -0.2) is 118 Å². The number of amides is 1. The summed E-state index contributed by atoms with van der Waals surface area (Å²) in [5, 5.41) is 64.7. The molecule has 9 atom stereocenters. The Bertz CT molecular complexity index is 2650. The standard InChI is InChI=1S/C52H66N4O13/c1-25(2)15-17-55-18-20-56(21-19-55)33-23-34(58)40-36(24-33)68-49-41(53-40)37-38-45(61)31(8)48-39(37)50(63)52(10,69-48)66-22-16-35(65-11)28(5)47(67-32(9)57)30(7)44(60)29(6)43(59)26(3)13-12-14-27(4)51(64)54-42(49)46(38)62/h12-16,22-24,26,28-30,35,43-44,47,53,58-62H,17-21H2,1-11H3,(H,54,64)/b13-12+,22-16+,27-14-/t26-,28+,29+,30+,35-,43-,44+,47+,52-/m0/s1. The van der Waals surface area contributed by atoms with Crippen LogP contribution in [0.25, 0.3) is 10.8 Å². The molecule has 1 amide bonds. The predicted octanol–water partition coefficient (Wildman–Crippen LogP) is 7.69. The monoisotopic (exact) mass is 954 g/mol. The molecule has 17 heteroatoms. The molecule has 0 saturated carbocycles. The van der Waals surface area contributed by atoms with Gasteiger partial charge in [0.2, 0.25) is 0 Å². The quantitative estimate of drug-likeness (QED) is 0.0440. The number of hydrogen-bond acceptors (Lipinski definition) is 16. The molecule has 69 heavy (non-hydrogen) atoms. The van der Waals surface area contributed by atoms with Gasteiger partial charge in [0.15, 0.2) is 17.2 Å². The number of Topliss-reactive ketones (excluding diaryl/α,β-unsaturated/α-hetero) is 1. The number of phenols is 3. The number of ether oxygens (including phenoxy) is 5. The lowest BCUT2D eigenvalue weighted by Gasteiger charge is -2.38. The van der Waals surface area contributed by atoms with Crippen LogP contribution in [0.4, 0.5) is 22.7 Å². The van der Waals surface area contributed by atoms with Gasteiger partial charge in [-0.3, -0.25) is 19.3 Å². The second kappa shape index (κ2) is 20.0. The van der Waals surface area contributed by atoms with Gasteiger partial charge in [-0.25, -0.2) is 0 Å². The summed E-state index contributed by atoms with van der Waals surface area (Å²) in [5.41, 5.74) is 2.01. The molecule has 4 aliphatic heterocycles. The maximum Gasteiger partial charge on any atom is 0.312 e. The fraction of sp³-hybridized carbons (Fsp3) is 0.481. The summed E-state index contributed by atoms with van der Waals surface area (Å²) in [7, 11) is 1.45. The molecule has 0 radical (unpaired) electrons. The van der Waals surface area contributed by atoms with Crippen LogP contribution in [0.5, 0.6) is 34.5 Å². The lowest BCUT2D eigenvalue weighted by Crippen LogP contribution is -2.46. The predicted molar refractivity (Wildman–Crippen MR) is 262 cm³/mol. The largest absolute Gasteiger partial charge is 0.507 e. The van der Waals surface area contributed by atoms with Crippen molar-refractivity contribution in [2.45, 2.75) is 99.4 Å². The Morgan fingerprint density at radius 1 is 0.870 bits per heavy atom. The van der Waals surface area contributed by atoms with E-state index in [0.717, 1.165) is 19.6 Å². The maximum absolute atomic E-state index is 14.9. The van der Waals surface area contributed by atoms with Gasteiger partial charge in [-0.2, -0.15) is 0 Å². The van der Waals surface area contributed by atoms with Crippen molar-refractivity contribution >= 4 is 51.2 Å². The molecule has 3 aromatic carbocycles. The molecule has 4 aliphatic rings. The van der Waals surface area contributed by atoms with E-state index in [1.807, 2.05) is 0 Å². The number of piperazine rings is 1. The number of benzene rings is 3. The first-order valence-electron chi connectivity index (χ1n) is 23.4. The number of anilines is 4. The highest BCUT2D eigenvalue weighted by Crippen LogP contribution is 2.61. The van der Waals surface area contributed by atoms with E-state index in [2.05, 4.69) is 40.4 Å². The number of nitrogens with zero attached hydrogens (tertiary/aromatic N) is 2. The summed E-state index contributed by atoms with van der Waals surface area (Å²) in [5.74, 6) is -7.80. The average molecular weight is 955 g/mol. The van der Waals surface area contributed by atoms with Gasteiger partial charge in [0.25, 0.3) is 11.7 Å². The van der Waals surface area contributed by atoms with Crippen molar-refractivity contribution in [2.75, 3.05) is 55.4 Å². The summed E-state index contributed by atoms with van der Waals surface area (Å²) in [6.45, 7) is 20.5. The number of esters is 1. The van der Waals surface area contributed by atoms with E-state index in [4.69, 9.17) is 23.7 Å². The van der Waals surface area contributed by atoms with Crippen LogP contribution in [0.15, 0.2) is 59.9 Å². The molecule has 0 aliphatic carbocycles. The van der Waals surface area contributed by atoms with E-state index in [-0.39, 0.29) is 67.5 Å². The Labute approximate surface area is 402 Å². The van der Waals surface area contributed by atoms with Gasteiger partial charge in [-0.1, -0.05) is 57.6 Å². The number of carbonyl (C=O) groups excluding carboxylic acids is 3. The second-order valence-electron chi connectivity index (χ2n) is 19.2. The maximum atomic E-state index is 14.9. The SMILES string of the molecule is CO[C@H]1/C=C/O[C@@]2(C)Oc3c(C)c(O)c4c(O)c(c5c(c4c3C2=O)Nc2c(O)cc(N3CCN(CC=C(C)C)CC3)cc2O5)NC(=O)/C(C)=C\C=C\[C@H](C)[C@H](O)[C@@H](C)[C@@H](O)[C@@H](C)[C@H](OC(C)=O)[C@@H]1C. The van der Waals surface area contributed by atoms with E-state index >= 15 is 0 Å². The zero-order valence-electron chi connectivity index (χ0n) is 41.2. The number of carbonyl (C=O) groups is 3. The fourth-order valence-corrected chi connectivity index (χ4v) is 9.65. The Hall–Kier alpha value is -6.27. The molecule has 1 fully saturated rings. The number of aromatic hydroxyl groups is 3. The van der Waals surface area contributed by atoms with Crippen LogP contribution in [-0.2, 0) is 23.8 Å². The number of aliphatic hydroxyl groups excluding tert-OH is 2. The zero-order chi connectivity index (χ0) is 50.4. The molecule has 372 valence electrons. The number of nitrogens with one attached hydrogen (secondary N) is 2. The molecule has 3 aromatic rings. The highest BCUT2D eigenvalue weighted by molar-refractivity contribution is 6.25. The number of hydrogen-bond donors (Lipinski definition) is 7. The number of rotatable bonds is 5. The minimum atomic E-state index is -2.05. The first-order valence-corrected chi connectivity index (χ1v) is 23.4. The Balaban J connectivity index is 1.37. The van der Waals surface area contributed by atoms with E-state index in [1.54, 1.807) is 58.9 Å². The summed E-state index contributed by atoms with van der Waals surface area (Å²) < 4.78 is 30.6. The van der Waals surface area contributed by atoms with Crippen molar-refractivity contribution in [3.8, 4) is 34.5 Å². The molecule has 7 rings (SSSR count). The molecule has 17 nitrogen and oxygen atoms in total. The molecule has 7 N–H and O–H groups in total. The molecule has 0 spiro atoms. The topological polar surface area (TPSA) is 229 Å². The van der Waals surface area contributed by atoms with Crippen molar-refractivity contribution in [3.05, 3.63) is 71.0 Å². The molecule has 4 heterocycles. The van der Waals surface area contributed by atoms with Crippen LogP contribution in [0.1, 0.15) is 78.2 Å². The molecule has 4 bridgehead atoms. The molecular weight excluding hydrogens is 889 g/mol. The van der Waals surface area contributed by atoms with E-state index in [0.29, 0.717) is 18.8 Å². The van der Waals surface area contributed by atoms with Gasteiger partial charge < -0.3 is 64.8 Å². The Kier molecular flexibility index (Phi) is 14.7. The van der Waals surface area contributed by atoms with Crippen LogP contribution in [0.2, 0.25) is 0 Å².